The molecule has 0 saturated carbocycles. The van der Waals surface area contributed by atoms with Crippen molar-refractivity contribution in [1.29, 1.82) is 0 Å². The molecule has 1 aliphatic rings. The van der Waals surface area contributed by atoms with Crippen molar-refractivity contribution in [2.45, 2.75) is 25.7 Å². The Hall–Kier alpha value is -0.910. The Morgan fingerprint density at radius 1 is 1.39 bits per heavy atom. The molecule has 2 N–H and O–H groups in total. The highest BCUT2D eigenvalue weighted by atomic mass is 32.2. The van der Waals surface area contributed by atoms with Crippen LogP contribution in [0.25, 0.3) is 0 Å². The predicted molar refractivity (Wildman–Crippen MR) is 72.9 cm³/mol. The van der Waals surface area contributed by atoms with E-state index < -0.39 is 5.97 Å². The molecular formula is C12H22N2O3S. The highest BCUT2D eigenvalue weighted by Gasteiger charge is 2.15. The van der Waals surface area contributed by atoms with E-state index in [0.29, 0.717) is 18.9 Å². The van der Waals surface area contributed by atoms with E-state index in [2.05, 4.69) is 5.32 Å². The average Bonchev–Trinajstić information content (AvgIpc) is 2.36. The highest BCUT2D eigenvalue weighted by molar-refractivity contribution is 7.99. The molecule has 0 aromatic rings. The molecule has 18 heavy (non-hydrogen) atoms. The van der Waals surface area contributed by atoms with E-state index in [0.717, 1.165) is 6.54 Å². The lowest BCUT2D eigenvalue weighted by atomic mass is 10.0. The number of aliphatic carboxylic acids is 1. The topological polar surface area (TPSA) is 69.6 Å². The molecule has 0 aromatic carbocycles. The summed E-state index contributed by atoms with van der Waals surface area (Å²) in [6.45, 7) is 1.22. The van der Waals surface area contributed by atoms with Crippen molar-refractivity contribution in [3.8, 4) is 0 Å². The van der Waals surface area contributed by atoms with Crippen LogP contribution in [0.1, 0.15) is 25.7 Å². The van der Waals surface area contributed by atoms with Gasteiger partial charge in [-0.2, -0.15) is 11.8 Å². The van der Waals surface area contributed by atoms with E-state index in [9.17, 15) is 9.59 Å². The van der Waals surface area contributed by atoms with Gasteiger partial charge in [-0.3, -0.25) is 4.79 Å². The zero-order chi connectivity index (χ0) is 13.4. The second-order valence-corrected chi connectivity index (χ2v) is 5.89. The third kappa shape index (κ3) is 6.14. The number of rotatable bonds is 6. The van der Waals surface area contributed by atoms with Crippen LogP contribution >= 0.6 is 11.8 Å². The molecule has 104 valence electrons. The minimum Gasteiger partial charge on any atom is -0.481 e. The molecular weight excluding hydrogens is 252 g/mol. The van der Waals surface area contributed by atoms with Crippen LogP contribution in [0.2, 0.25) is 0 Å². The Morgan fingerprint density at radius 2 is 2.06 bits per heavy atom. The van der Waals surface area contributed by atoms with Crippen LogP contribution in [0.5, 0.6) is 0 Å². The van der Waals surface area contributed by atoms with Gasteiger partial charge in [-0.15, -0.1) is 0 Å². The number of carboxylic acids is 1. The second-order valence-electron chi connectivity index (χ2n) is 4.66. The molecule has 5 nitrogen and oxygen atoms in total. The summed E-state index contributed by atoms with van der Waals surface area (Å²) in [5.41, 5.74) is 0. The second kappa shape index (κ2) is 8.24. The fourth-order valence-electron chi connectivity index (χ4n) is 1.89. The lowest BCUT2D eigenvalue weighted by Crippen LogP contribution is -2.40. The lowest BCUT2D eigenvalue weighted by molar-refractivity contribution is -0.137. The first-order valence-corrected chi connectivity index (χ1v) is 7.53. The Morgan fingerprint density at radius 3 is 2.67 bits per heavy atom. The standard InChI is InChI=1S/C12H22N2O3S/c1-14(6-2-3-11(15)16)12(17)13-9-10-4-7-18-8-5-10/h10H,2-9H2,1H3,(H,13,17)(H,15,16). The zero-order valence-corrected chi connectivity index (χ0v) is 11.7. The first-order valence-electron chi connectivity index (χ1n) is 6.38. The molecule has 0 spiro atoms. The van der Waals surface area contributed by atoms with Gasteiger partial charge in [0.05, 0.1) is 0 Å². The van der Waals surface area contributed by atoms with Gasteiger partial charge in [0.25, 0.3) is 0 Å². The number of carbonyl (C=O) groups excluding carboxylic acids is 1. The molecule has 0 unspecified atom stereocenters. The molecule has 1 fully saturated rings. The number of amides is 2. The van der Waals surface area contributed by atoms with Crippen LogP contribution in [0.3, 0.4) is 0 Å². The van der Waals surface area contributed by atoms with Crippen molar-refractivity contribution < 1.29 is 14.7 Å². The number of nitrogens with one attached hydrogen (secondary N) is 1. The van der Waals surface area contributed by atoms with E-state index in [4.69, 9.17) is 5.11 Å². The van der Waals surface area contributed by atoms with Crippen molar-refractivity contribution in [2.75, 3.05) is 31.6 Å². The van der Waals surface area contributed by atoms with Gasteiger partial charge in [-0.1, -0.05) is 0 Å². The number of thioether (sulfide) groups is 1. The van der Waals surface area contributed by atoms with Crippen LogP contribution in [0.4, 0.5) is 4.79 Å². The number of carbonyl (C=O) groups is 2. The number of urea groups is 1. The fourth-order valence-corrected chi connectivity index (χ4v) is 3.09. The number of hydrogen-bond donors (Lipinski definition) is 2. The molecule has 1 rings (SSSR count). The Labute approximate surface area is 112 Å². The Bertz CT molecular complexity index is 280. The highest BCUT2D eigenvalue weighted by Crippen LogP contribution is 2.21. The lowest BCUT2D eigenvalue weighted by Gasteiger charge is -2.23. The summed E-state index contributed by atoms with van der Waals surface area (Å²) in [7, 11) is 1.70. The molecule has 1 heterocycles. The number of nitrogens with zero attached hydrogens (tertiary/aromatic N) is 1. The van der Waals surface area contributed by atoms with Crippen LogP contribution in [-0.2, 0) is 4.79 Å². The summed E-state index contributed by atoms with van der Waals surface area (Å²) in [6, 6.07) is -0.0985. The molecule has 2 amide bonds. The van der Waals surface area contributed by atoms with Crippen LogP contribution < -0.4 is 5.32 Å². The monoisotopic (exact) mass is 274 g/mol. The van der Waals surface area contributed by atoms with Crippen LogP contribution in [0.15, 0.2) is 0 Å². The van der Waals surface area contributed by atoms with Crippen molar-refractivity contribution >= 4 is 23.8 Å². The summed E-state index contributed by atoms with van der Waals surface area (Å²) in [6.07, 6.45) is 2.96. The predicted octanol–water partition coefficient (Wildman–Crippen LogP) is 1.64. The van der Waals surface area contributed by atoms with Gasteiger partial charge in [0.15, 0.2) is 0 Å². The SMILES string of the molecule is CN(CCCC(=O)O)C(=O)NCC1CCSCC1. The van der Waals surface area contributed by atoms with E-state index in [1.165, 1.54) is 24.3 Å². The summed E-state index contributed by atoms with van der Waals surface area (Å²) < 4.78 is 0. The van der Waals surface area contributed by atoms with Gasteiger partial charge in [0.2, 0.25) is 0 Å². The van der Waals surface area contributed by atoms with E-state index in [1.54, 1.807) is 11.9 Å². The molecule has 0 atom stereocenters. The van der Waals surface area contributed by atoms with Gasteiger partial charge >= 0.3 is 12.0 Å². The van der Waals surface area contributed by atoms with E-state index in [-0.39, 0.29) is 12.5 Å². The summed E-state index contributed by atoms with van der Waals surface area (Å²) in [5, 5.41) is 11.4. The third-order valence-electron chi connectivity index (χ3n) is 3.11. The normalized spacial score (nSPS) is 16.3. The third-order valence-corrected chi connectivity index (χ3v) is 4.16. The maximum Gasteiger partial charge on any atom is 0.317 e. The molecule has 0 aliphatic carbocycles. The van der Waals surface area contributed by atoms with Gasteiger partial charge in [0.1, 0.15) is 0 Å². The molecule has 1 aliphatic heterocycles. The van der Waals surface area contributed by atoms with Gasteiger partial charge in [-0.05, 0) is 36.7 Å². The van der Waals surface area contributed by atoms with Crippen LogP contribution in [0, 0.1) is 5.92 Å². The Kier molecular flexibility index (Phi) is 6.93. The minimum atomic E-state index is -0.816. The summed E-state index contributed by atoms with van der Waals surface area (Å²) in [5.74, 6) is 2.16. The first-order chi connectivity index (χ1) is 8.59. The molecule has 1 saturated heterocycles. The number of carboxylic acid groups (broad SMARTS) is 1. The Balaban J connectivity index is 2.12. The maximum atomic E-state index is 11.7. The minimum absolute atomic E-state index is 0.0985. The van der Waals surface area contributed by atoms with Gasteiger partial charge in [0, 0.05) is 26.6 Å². The van der Waals surface area contributed by atoms with Crippen molar-refractivity contribution in [1.82, 2.24) is 10.2 Å². The molecule has 0 radical (unpaired) electrons. The van der Waals surface area contributed by atoms with Crippen molar-refractivity contribution in [3.63, 3.8) is 0 Å². The van der Waals surface area contributed by atoms with E-state index >= 15 is 0 Å². The maximum absolute atomic E-state index is 11.7. The van der Waals surface area contributed by atoms with Gasteiger partial charge in [-0.25, -0.2) is 4.79 Å². The fraction of sp³-hybridized carbons (Fsp3) is 0.833. The van der Waals surface area contributed by atoms with Crippen molar-refractivity contribution in [2.24, 2.45) is 5.92 Å². The molecule has 0 bridgehead atoms. The summed E-state index contributed by atoms with van der Waals surface area (Å²) >= 11 is 1.97. The van der Waals surface area contributed by atoms with E-state index in [1.807, 2.05) is 11.8 Å². The largest absolute Gasteiger partial charge is 0.481 e. The first kappa shape index (κ1) is 15.1. The van der Waals surface area contributed by atoms with Crippen LogP contribution in [-0.4, -0.2) is 53.6 Å². The van der Waals surface area contributed by atoms with Gasteiger partial charge < -0.3 is 15.3 Å². The van der Waals surface area contributed by atoms with Crippen molar-refractivity contribution in [3.05, 3.63) is 0 Å². The average molecular weight is 274 g/mol. The number of hydrogen-bond acceptors (Lipinski definition) is 3. The smallest absolute Gasteiger partial charge is 0.317 e. The molecule has 6 heteroatoms. The molecule has 0 aromatic heterocycles. The summed E-state index contributed by atoms with van der Waals surface area (Å²) in [4.78, 5) is 23.6. The zero-order valence-electron chi connectivity index (χ0n) is 10.9. The quantitative estimate of drug-likeness (QED) is 0.772.